The molecule has 258 valence electrons. The molecular formula is C40H64N2O4. The van der Waals surface area contributed by atoms with Crippen LogP contribution < -0.4 is 0 Å². The number of hydrogen-bond acceptors (Lipinski definition) is 6. The van der Waals surface area contributed by atoms with Gasteiger partial charge in [-0.3, -0.25) is 9.59 Å². The van der Waals surface area contributed by atoms with E-state index in [1.807, 2.05) is 24.3 Å². The molecule has 2 rings (SSSR count). The Hall–Kier alpha value is -2.70. The van der Waals surface area contributed by atoms with E-state index in [0.29, 0.717) is 12.8 Å². The maximum atomic E-state index is 12.5. The molecule has 0 amide bonds. The monoisotopic (exact) mass is 636 g/mol. The van der Waals surface area contributed by atoms with Crippen molar-refractivity contribution in [2.45, 2.75) is 131 Å². The quantitative estimate of drug-likeness (QED) is 0.0719. The molecule has 0 aliphatic rings. The topological polar surface area (TPSA) is 59.1 Å². The van der Waals surface area contributed by atoms with Gasteiger partial charge in [0.15, 0.2) is 0 Å². The van der Waals surface area contributed by atoms with Gasteiger partial charge in [-0.2, -0.15) is 0 Å². The summed E-state index contributed by atoms with van der Waals surface area (Å²) in [6, 6.07) is 16.3. The lowest BCUT2D eigenvalue weighted by molar-refractivity contribution is -0.146. The van der Waals surface area contributed by atoms with Gasteiger partial charge in [0.1, 0.15) is 13.2 Å². The molecule has 2 aromatic carbocycles. The van der Waals surface area contributed by atoms with Crippen LogP contribution in [-0.2, 0) is 32.3 Å². The minimum Gasteiger partial charge on any atom is -0.461 e. The molecule has 6 heteroatoms. The van der Waals surface area contributed by atoms with Gasteiger partial charge in [-0.1, -0.05) is 103 Å². The summed E-state index contributed by atoms with van der Waals surface area (Å²) < 4.78 is 11.3. The molecule has 0 atom stereocenters. The van der Waals surface area contributed by atoms with Crippen LogP contribution in [0.1, 0.15) is 129 Å². The molecule has 0 saturated carbocycles. The van der Waals surface area contributed by atoms with Gasteiger partial charge in [0.25, 0.3) is 0 Å². The number of ether oxygens (including phenoxy) is 2. The van der Waals surface area contributed by atoms with Crippen LogP contribution in [-0.4, -0.2) is 61.0 Å². The summed E-state index contributed by atoms with van der Waals surface area (Å²) in [6.07, 6.45) is 14.8. The molecule has 0 aliphatic carbocycles. The first kappa shape index (κ1) is 39.5. The molecule has 0 saturated heterocycles. The number of hydrogen-bond donors (Lipinski definition) is 0. The third-order valence-electron chi connectivity index (χ3n) is 8.51. The molecule has 0 N–H and O–H groups in total. The third kappa shape index (κ3) is 17.9. The maximum absolute atomic E-state index is 12.5. The van der Waals surface area contributed by atoms with Crippen LogP contribution in [0.2, 0.25) is 0 Å². The minimum absolute atomic E-state index is 0.136. The van der Waals surface area contributed by atoms with Gasteiger partial charge < -0.3 is 19.3 Å². The van der Waals surface area contributed by atoms with E-state index in [4.69, 9.17) is 9.47 Å². The highest BCUT2D eigenvalue weighted by atomic mass is 16.5. The number of carbonyl (C=O) groups excluding carboxylic acids is 2. The summed E-state index contributed by atoms with van der Waals surface area (Å²) in [5.41, 5.74) is 4.04. The smallest absolute Gasteiger partial charge is 0.306 e. The average Bonchev–Trinajstić information content (AvgIpc) is 3.07. The number of esters is 2. The predicted molar refractivity (Wildman–Crippen MR) is 192 cm³/mol. The summed E-state index contributed by atoms with van der Waals surface area (Å²) in [6.45, 7) is 15.8. The van der Waals surface area contributed by atoms with E-state index in [0.717, 1.165) is 74.4 Å². The number of nitrogens with zero attached hydrogens (tertiary/aromatic N) is 2. The summed E-state index contributed by atoms with van der Waals surface area (Å²) in [7, 11) is 0. The SMILES string of the molecule is CCCCCN(CCCC)CCCC(=O)OCc1cccc(-c2cccc(COC(=O)CCCN(CCCC)CCCCC)c2)c1. The Morgan fingerprint density at radius 1 is 0.500 bits per heavy atom. The molecule has 0 spiro atoms. The molecule has 0 bridgehead atoms. The summed E-state index contributed by atoms with van der Waals surface area (Å²) >= 11 is 0. The molecule has 0 radical (unpaired) electrons. The van der Waals surface area contributed by atoms with Crippen molar-refractivity contribution in [1.29, 1.82) is 0 Å². The van der Waals surface area contributed by atoms with Crippen molar-refractivity contribution in [2.75, 3.05) is 39.3 Å². The molecule has 0 unspecified atom stereocenters. The van der Waals surface area contributed by atoms with E-state index in [2.05, 4.69) is 61.8 Å². The Bertz CT molecular complexity index is 1000. The molecule has 6 nitrogen and oxygen atoms in total. The van der Waals surface area contributed by atoms with Crippen LogP contribution >= 0.6 is 0 Å². The minimum atomic E-state index is -0.136. The Kier molecular flexibility index (Phi) is 21.8. The molecular weight excluding hydrogens is 572 g/mol. The van der Waals surface area contributed by atoms with Gasteiger partial charge >= 0.3 is 11.9 Å². The van der Waals surface area contributed by atoms with Crippen molar-refractivity contribution in [3.63, 3.8) is 0 Å². The number of rotatable bonds is 27. The van der Waals surface area contributed by atoms with Crippen molar-refractivity contribution in [2.24, 2.45) is 0 Å². The second-order valence-corrected chi connectivity index (χ2v) is 12.7. The Morgan fingerprint density at radius 2 is 0.870 bits per heavy atom. The lowest BCUT2D eigenvalue weighted by Gasteiger charge is -2.21. The van der Waals surface area contributed by atoms with Gasteiger partial charge in [-0.15, -0.1) is 0 Å². The fourth-order valence-electron chi connectivity index (χ4n) is 5.65. The fourth-order valence-corrected chi connectivity index (χ4v) is 5.65. The average molecular weight is 637 g/mol. The third-order valence-corrected chi connectivity index (χ3v) is 8.51. The molecule has 0 heterocycles. The zero-order valence-electron chi connectivity index (χ0n) is 29.7. The van der Waals surface area contributed by atoms with Crippen LogP contribution in [0.5, 0.6) is 0 Å². The predicted octanol–water partition coefficient (Wildman–Crippen LogP) is 9.59. The summed E-state index contributed by atoms with van der Waals surface area (Å²) in [4.78, 5) is 30.0. The van der Waals surface area contributed by atoms with Gasteiger partial charge in [-0.05, 0) is 112 Å². The van der Waals surface area contributed by atoms with Gasteiger partial charge in [0.2, 0.25) is 0 Å². The number of benzene rings is 2. The maximum Gasteiger partial charge on any atom is 0.306 e. The van der Waals surface area contributed by atoms with Crippen LogP contribution in [0.25, 0.3) is 11.1 Å². The first-order valence-corrected chi connectivity index (χ1v) is 18.4. The van der Waals surface area contributed by atoms with Gasteiger partial charge in [0.05, 0.1) is 0 Å². The first-order chi connectivity index (χ1) is 22.5. The van der Waals surface area contributed by atoms with E-state index in [1.165, 1.54) is 64.2 Å². The first-order valence-electron chi connectivity index (χ1n) is 18.4. The van der Waals surface area contributed by atoms with Crippen LogP contribution in [0.3, 0.4) is 0 Å². The summed E-state index contributed by atoms with van der Waals surface area (Å²) in [5.74, 6) is -0.272. The van der Waals surface area contributed by atoms with E-state index < -0.39 is 0 Å². The van der Waals surface area contributed by atoms with Gasteiger partial charge in [-0.25, -0.2) is 0 Å². The normalized spacial score (nSPS) is 11.3. The number of unbranched alkanes of at least 4 members (excludes halogenated alkanes) is 6. The van der Waals surface area contributed by atoms with Crippen molar-refractivity contribution < 1.29 is 19.1 Å². The standard InChI is InChI=1S/C40H64N2O4/c1-5-9-13-27-41(25-11-7-3)29-17-23-39(43)45-33-35-19-15-21-37(31-35)38-22-16-20-36(32-38)34-46-40(44)24-18-30-42(26-12-8-4)28-14-10-6-2/h15-16,19-22,31-32H,5-14,17-18,23-30,33-34H2,1-4H3. The van der Waals surface area contributed by atoms with Crippen molar-refractivity contribution >= 4 is 11.9 Å². The van der Waals surface area contributed by atoms with Crippen LogP contribution in [0, 0.1) is 0 Å². The van der Waals surface area contributed by atoms with Crippen molar-refractivity contribution in [3.05, 3.63) is 59.7 Å². The molecule has 0 aromatic heterocycles. The second-order valence-electron chi connectivity index (χ2n) is 12.7. The summed E-state index contributed by atoms with van der Waals surface area (Å²) in [5, 5.41) is 0. The highest BCUT2D eigenvalue weighted by Crippen LogP contribution is 2.23. The van der Waals surface area contributed by atoms with E-state index in [1.54, 1.807) is 0 Å². The second kappa shape index (κ2) is 25.4. The Balaban J connectivity index is 1.78. The van der Waals surface area contributed by atoms with Crippen LogP contribution in [0.15, 0.2) is 48.5 Å². The molecule has 46 heavy (non-hydrogen) atoms. The van der Waals surface area contributed by atoms with Gasteiger partial charge in [0, 0.05) is 12.8 Å². The zero-order chi connectivity index (χ0) is 33.2. The van der Waals surface area contributed by atoms with Crippen LogP contribution in [0.4, 0.5) is 0 Å². The van der Waals surface area contributed by atoms with E-state index >= 15 is 0 Å². The molecule has 0 fully saturated rings. The lowest BCUT2D eigenvalue weighted by Crippen LogP contribution is -2.27. The molecule has 0 aliphatic heterocycles. The highest BCUT2D eigenvalue weighted by Gasteiger charge is 2.11. The van der Waals surface area contributed by atoms with E-state index in [9.17, 15) is 9.59 Å². The van der Waals surface area contributed by atoms with E-state index in [-0.39, 0.29) is 25.2 Å². The Morgan fingerprint density at radius 3 is 1.26 bits per heavy atom. The zero-order valence-corrected chi connectivity index (χ0v) is 29.7. The van der Waals surface area contributed by atoms with Crippen molar-refractivity contribution in [1.82, 2.24) is 9.80 Å². The lowest BCUT2D eigenvalue weighted by atomic mass is 10.0. The number of carbonyl (C=O) groups is 2. The Labute approximate surface area is 281 Å². The molecule has 2 aromatic rings. The largest absolute Gasteiger partial charge is 0.461 e. The fraction of sp³-hybridized carbons (Fsp3) is 0.650. The van der Waals surface area contributed by atoms with Crippen molar-refractivity contribution in [3.8, 4) is 11.1 Å². The highest BCUT2D eigenvalue weighted by molar-refractivity contribution is 5.70.